The Hall–Kier alpha value is -4.77. The number of hydrogen-bond acceptors (Lipinski definition) is 11. The molecule has 0 amide bonds. The third-order valence-corrected chi connectivity index (χ3v) is 8.75. The van der Waals surface area contributed by atoms with Crippen LogP contribution in [0, 0.1) is 5.92 Å². The molecule has 11 heteroatoms. The maximum Gasteiger partial charge on any atom is 0.331 e. The molecule has 4 aliphatic rings. The van der Waals surface area contributed by atoms with Gasteiger partial charge in [0.05, 0.1) is 14.2 Å². The van der Waals surface area contributed by atoms with Gasteiger partial charge in [-0.2, -0.15) is 0 Å². The fourth-order valence-corrected chi connectivity index (χ4v) is 6.56. The highest BCUT2D eigenvalue weighted by Gasteiger charge is 2.64. The molecule has 2 aliphatic carbocycles. The van der Waals surface area contributed by atoms with Crippen molar-refractivity contribution >= 4 is 23.8 Å². The predicted molar refractivity (Wildman–Crippen MR) is 154 cm³/mol. The first-order chi connectivity index (χ1) is 21.0. The number of hydrogen-bond donors (Lipinski definition) is 1. The summed E-state index contributed by atoms with van der Waals surface area (Å²) in [4.78, 5) is 39.4. The van der Waals surface area contributed by atoms with Crippen LogP contribution in [0.5, 0.6) is 17.2 Å². The molecule has 0 bridgehead atoms. The fourth-order valence-electron chi connectivity index (χ4n) is 6.56. The first kappa shape index (κ1) is 29.3. The summed E-state index contributed by atoms with van der Waals surface area (Å²) in [6.45, 7) is 4.14. The van der Waals surface area contributed by atoms with E-state index in [2.05, 4.69) is 0 Å². The number of rotatable bonds is 6. The number of aliphatic hydroxyl groups is 1. The van der Waals surface area contributed by atoms with Crippen molar-refractivity contribution in [3.63, 3.8) is 0 Å². The molecule has 1 N–H and O–H groups in total. The standard InChI is InChI=1S/C33H32O11/c1-17-26(44-24(36)12-11-19-9-7-6-8-10-19)20-13-23-28(42-16-41-23)29-25(20)33(15-40-29)21(30(32(17,3)37)43-18(2)34)14-22(35)27(38-4)31(33)39-5/h6-14,17,26,30,37H,15-16H2,1-5H3. The van der Waals surface area contributed by atoms with E-state index in [9.17, 15) is 19.5 Å². The highest BCUT2D eigenvalue weighted by molar-refractivity contribution is 6.06. The van der Waals surface area contributed by atoms with Gasteiger partial charge in [-0.3, -0.25) is 9.59 Å². The van der Waals surface area contributed by atoms with E-state index in [0.717, 1.165) is 5.56 Å². The van der Waals surface area contributed by atoms with Gasteiger partial charge in [-0.15, -0.1) is 0 Å². The van der Waals surface area contributed by atoms with E-state index in [1.807, 2.05) is 30.3 Å². The van der Waals surface area contributed by atoms with E-state index in [4.69, 9.17) is 33.2 Å². The molecule has 44 heavy (non-hydrogen) atoms. The summed E-state index contributed by atoms with van der Waals surface area (Å²) in [6, 6.07) is 10.9. The fraction of sp³-hybridized carbons (Fsp3) is 0.364. The third kappa shape index (κ3) is 4.33. The van der Waals surface area contributed by atoms with Crippen molar-refractivity contribution in [3.05, 3.63) is 82.3 Å². The molecule has 0 saturated carbocycles. The zero-order chi connectivity index (χ0) is 31.4. The molecule has 0 saturated heterocycles. The van der Waals surface area contributed by atoms with Crippen molar-refractivity contribution < 1.29 is 52.6 Å². The summed E-state index contributed by atoms with van der Waals surface area (Å²) < 4.78 is 41.2. The smallest absolute Gasteiger partial charge is 0.331 e. The SMILES string of the molecule is COC1=C(OC)C23COc4c5c(cc(c42)C(OC(=O)C=Cc2ccccc2)C(C)C(C)(O)C(OC(C)=O)C3=CC1=O)OCO5. The number of methoxy groups -OCH3 is 2. The van der Waals surface area contributed by atoms with Crippen LogP contribution >= 0.6 is 0 Å². The minimum absolute atomic E-state index is 0.0767. The molecule has 1 spiro atoms. The Balaban J connectivity index is 1.62. The van der Waals surface area contributed by atoms with E-state index in [-0.39, 0.29) is 36.2 Å². The summed E-state index contributed by atoms with van der Waals surface area (Å²) in [6.07, 6.45) is 1.69. The number of fused-ring (bicyclic) bond motifs is 2. The second-order valence-corrected chi connectivity index (χ2v) is 11.2. The maximum absolute atomic E-state index is 13.4. The topological polar surface area (TPSA) is 136 Å². The summed E-state index contributed by atoms with van der Waals surface area (Å²) in [5.74, 6) is -1.87. The number of allylic oxidation sites excluding steroid dienone is 1. The number of benzene rings is 2. The van der Waals surface area contributed by atoms with Gasteiger partial charge >= 0.3 is 11.9 Å². The van der Waals surface area contributed by atoms with Crippen LogP contribution in [0.4, 0.5) is 0 Å². The second kappa shape index (κ2) is 10.7. The Morgan fingerprint density at radius 3 is 2.48 bits per heavy atom. The third-order valence-electron chi connectivity index (χ3n) is 8.75. The van der Waals surface area contributed by atoms with Gasteiger partial charge in [0.25, 0.3) is 0 Å². The molecule has 0 aromatic heterocycles. The van der Waals surface area contributed by atoms with Gasteiger partial charge in [-0.25, -0.2) is 4.79 Å². The normalized spacial score (nSPS) is 28.3. The van der Waals surface area contributed by atoms with Gasteiger partial charge in [-0.05, 0) is 36.3 Å². The van der Waals surface area contributed by atoms with Crippen molar-refractivity contribution in [2.75, 3.05) is 27.6 Å². The summed E-state index contributed by atoms with van der Waals surface area (Å²) in [7, 11) is 2.73. The van der Waals surface area contributed by atoms with E-state index in [1.165, 1.54) is 40.2 Å². The van der Waals surface area contributed by atoms with E-state index < -0.39 is 46.9 Å². The zero-order valence-electron chi connectivity index (χ0n) is 24.9. The van der Waals surface area contributed by atoms with Gasteiger partial charge < -0.3 is 38.3 Å². The molecular formula is C33H32O11. The van der Waals surface area contributed by atoms with Gasteiger partial charge in [0.1, 0.15) is 23.7 Å². The number of carbonyl (C=O) groups excluding carboxylic acids is 3. The molecule has 5 unspecified atom stereocenters. The van der Waals surface area contributed by atoms with Crippen molar-refractivity contribution in [2.45, 2.75) is 44.0 Å². The zero-order valence-corrected chi connectivity index (χ0v) is 24.9. The van der Waals surface area contributed by atoms with Gasteiger partial charge in [0.2, 0.25) is 24.1 Å². The minimum atomic E-state index is -1.89. The van der Waals surface area contributed by atoms with Gasteiger partial charge in [0.15, 0.2) is 23.4 Å². The quantitative estimate of drug-likeness (QED) is 0.382. The first-order valence-electron chi connectivity index (χ1n) is 14.1. The molecule has 2 heterocycles. The average Bonchev–Trinajstić information content (AvgIpc) is 3.63. The van der Waals surface area contributed by atoms with Crippen molar-refractivity contribution in [2.24, 2.45) is 5.92 Å². The van der Waals surface area contributed by atoms with Gasteiger partial charge in [-0.1, -0.05) is 37.3 Å². The molecule has 2 aromatic rings. The molecule has 5 atom stereocenters. The van der Waals surface area contributed by atoms with Crippen LogP contribution in [0.15, 0.2) is 65.6 Å². The van der Waals surface area contributed by atoms with Crippen LogP contribution in [-0.4, -0.2) is 62.2 Å². The largest absolute Gasteiger partial charge is 0.496 e. The predicted octanol–water partition coefficient (Wildman–Crippen LogP) is 3.69. The molecule has 11 nitrogen and oxygen atoms in total. The van der Waals surface area contributed by atoms with Gasteiger partial charge in [0, 0.05) is 30.0 Å². The lowest BCUT2D eigenvalue weighted by Gasteiger charge is -2.49. The molecule has 2 aromatic carbocycles. The van der Waals surface area contributed by atoms with Crippen molar-refractivity contribution in [1.82, 2.24) is 0 Å². The second-order valence-electron chi connectivity index (χ2n) is 11.2. The monoisotopic (exact) mass is 604 g/mol. The number of carbonyl (C=O) groups is 3. The molecule has 230 valence electrons. The highest BCUT2D eigenvalue weighted by Crippen LogP contribution is 2.63. The molecule has 0 radical (unpaired) electrons. The Bertz CT molecular complexity index is 1630. The van der Waals surface area contributed by atoms with Crippen LogP contribution < -0.4 is 14.2 Å². The minimum Gasteiger partial charge on any atom is -0.496 e. The number of ketones is 1. The van der Waals surface area contributed by atoms with E-state index in [0.29, 0.717) is 22.6 Å². The maximum atomic E-state index is 13.4. The molecule has 0 fully saturated rings. The number of esters is 2. The Morgan fingerprint density at radius 2 is 1.80 bits per heavy atom. The summed E-state index contributed by atoms with van der Waals surface area (Å²) >= 11 is 0. The lowest BCUT2D eigenvalue weighted by atomic mass is 9.60. The lowest BCUT2D eigenvalue weighted by molar-refractivity contribution is -0.177. The van der Waals surface area contributed by atoms with Crippen LogP contribution in [0.2, 0.25) is 0 Å². The molecular weight excluding hydrogens is 572 g/mol. The summed E-state index contributed by atoms with van der Waals surface area (Å²) in [5.41, 5.74) is -1.44. The Labute approximate surface area is 253 Å². The summed E-state index contributed by atoms with van der Waals surface area (Å²) in [5, 5.41) is 12.3. The van der Waals surface area contributed by atoms with Crippen molar-refractivity contribution in [1.29, 1.82) is 0 Å². The Kier molecular flexibility index (Phi) is 7.16. The highest BCUT2D eigenvalue weighted by atomic mass is 16.7. The van der Waals surface area contributed by atoms with E-state index in [1.54, 1.807) is 19.1 Å². The molecule has 2 aliphatic heterocycles. The van der Waals surface area contributed by atoms with Crippen molar-refractivity contribution in [3.8, 4) is 17.2 Å². The molecule has 6 rings (SSSR count). The Morgan fingerprint density at radius 1 is 1.05 bits per heavy atom. The first-order valence-corrected chi connectivity index (χ1v) is 14.1. The van der Waals surface area contributed by atoms with Crippen LogP contribution in [0.25, 0.3) is 6.08 Å². The van der Waals surface area contributed by atoms with Crippen LogP contribution in [0.3, 0.4) is 0 Å². The van der Waals surface area contributed by atoms with Crippen LogP contribution in [0.1, 0.15) is 43.6 Å². The van der Waals surface area contributed by atoms with E-state index >= 15 is 0 Å². The number of ether oxygens (including phenoxy) is 7. The average molecular weight is 605 g/mol. The lowest BCUT2D eigenvalue weighted by Crippen LogP contribution is -2.57. The van der Waals surface area contributed by atoms with Crippen LogP contribution in [-0.2, 0) is 38.7 Å².